The summed E-state index contributed by atoms with van der Waals surface area (Å²) in [5.74, 6) is 1.59. The predicted octanol–water partition coefficient (Wildman–Crippen LogP) is 0.00400. The lowest BCUT2D eigenvalue weighted by atomic mass is 10.1. The van der Waals surface area contributed by atoms with Gasteiger partial charge in [-0.1, -0.05) is 0 Å². The molecule has 8 heteroatoms. The summed E-state index contributed by atoms with van der Waals surface area (Å²) < 4.78 is 5.35. The molecular formula is C11H14N6O2. The molecule has 1 aliphatic heterocycles. The first-order chi connectivity index (χ1) is 9.31. The van der Waals surface area contributed by atoms with Gasteiger partial charge in [0.25, 0.3) is 0 Å². The average Bonchev–Trinajstić information content (AvgIpc) is 3.08. The van der Waals surface area contributed by atoms with Gasteiger partial charge in [-0.3, -0.25) is 4.98 Å². The number of hydrogen-bond acceptors (Lipinski definition) is 6. The highest BCUT2D eigenvalue weighted by Gasteiger charge is 2.19. The van der Waals surface area contributed by atoms with Gasteiger partial charge >= 0.3 is 5.69 Å². The van der Waals surface area contributed by atoms with Crippen molar-refractivity contribution in [1.29, 1.82) is 0 Å². The van der Waals surface area contributed by atoms with E-state index in [-0.39, 0.29) is 5.69 Å². The Kier molecular flexibility index (Phi) is 3.23. The molecule has 1 unspecified atom stereocenters. The Balaban J connectivity index is 1.67. The van der Waals surface area contributed by atoms with Crippen molar-refractivity contribution in [3.8, 4) is 0 Å². The second-order valence-corrected chi connectivity index (χ2v) is 4.37. The zero-order valence-corrected chi connectivity index (χ0v) is 10.2. The third kappa shape index (κ3) is 2.79. The van der Waals surface area contributed by atoms with E-state index in [1.807, 2.05) is 6.07 Å². The Morgan fingerprint density at radius 3 is 3.16 bits per heavy atom. The van der Waals surface area contributed by atoms with E-state index in [0.717, 1.165) is 18.7 Å². The van der Waals surface area contributed by atoms with Crippen LogP contribution in [0.1, 0.15) is 23.9 Å². The van der Waals surface area contributed by atoms with Gasteiger partial charge in [0.05, 0.1) is 18.8 Å². The molecule has 0 bridgehead atoms. The standard InChI is InChI=1S/C11H14N6O2/c18-11-15-10(16-17-11)4-12-9-3-8(13-6-14-9)7-1-2-19-5-7/h3,6-7H,1-2,4-5H2,(H,12,13,14)(H2,15,16,17,18). The Morgan fingerprint density at radius 1 is 1.47 bits per heavy atom. The molecule has 0 aliphatic carbocycles. The molecule has 3 rings (SSSR count). The first-order valence-electron chi connectivity index (χ1n) is 6.08. The summed E-state index contributed by atoms with van der Waals surface area (Å²) in [6, 6.07) is 1.91. The molecule has 1 fully saturated rings. The van der Waals surface area contributed by atoms with Crippen molar-refractivity contribution >= 4 is 5.82 Å². The minimum Gasteiger partial charge on any atom is -0.381 e. The summed E-state index contributed by atoms with van der Waals surface area (Å²) in [6.07, 6.45) is 2.52. The summed E-state index contributed by atoms with van der Waals surface area (Å²) in [5.41, 5.74) is 0.661. The zero-order valence-electron chi connectivity index (χ0n) is 10.2. The van der Waals surface area contributed by atoms with Crippen molar-refractivity contribution in [2.45, 2.75) is 18.9 Å². The number of rotatable bonds is 4. The van der Waals surface area contributed by atoms with Crippen molar-refractivity contribution in [2.24, 2.45) is 0 Å². The maximum atomic E-state index is 10.9. The van der Waals surface area contributed by atoms with Gasteiger partial charge < -0.3 is 10.1 Å². The van der Waals surface area contributed by atoms with Crippen molar-refractivity contribution in [3.63, 3.8) is 0 Å². The van der Waals surface area contributed by atoms with Crippen LogP contribution in [-0.4, -0.2) is 38.4 Å². The highest BCUT2D eigenvalue weighted by Crippen LogP contribution is 2.24. The van der Waals surface area contributed by atoms with Gasteiger partial charge in [0.2, 0.25) is 0 Å². The van der Waals surface area contributed by atoms with Gasteiger partial charge in [0.15, 0.2) is 0 Å². The molecule has 1 atom stereocenters. The molecule has 3 N–H and O–H groups in total. The fourth-order valence-electron chi connectivity index (χ4n) is 2.02. The lowest BCUT2D eigenvalue weighted by Gasteiger charge is -2.08. The molecule has 0 amide bonds. The number of nitrogens with one attached hydrogen (secondary N) is 3. The van der Waals surface area contributed by atoms with Crippen molar-refractivity contribution in [2.75, 3.05) is 18.5 Å². The van der Waals surface area contributed by atoms with Gasteiger partial charge in [-0.05, 0) is 6.42 Å². The Hall–Kier alpha value is -2.22. The number of anilines is 1. The number of aromatic nitrogens is 5. The van der Waals surface area contributed by atoms with Crippen LogP contribution in [0.25, 0.3) is 0 Å². The molecule has 2 aromatic rings. The maximum Gasteiger partial charge on any atom is 0.340 e. The molecule has 3 heterocycles. The summed E-state index contributed by atoms with van der Waals surface area (Å²) in [6.45, 7) is 1.89. The molecule has 2 aromatic heterocycles. The second-order valence-electron chi connectivity index (χ2n) is 4.37. The van der Waals surface area contributed by atoms with Crippen LogP contribution in [0.15, 0.2) is 17.2 Å². The molecule has 1 saturated heterocycles. The molecule has 0 radical (unpaired) electrons. The summed E-state index contributed by atoms with van der Waals surface area (Å²) in [4.78, 5) is 21.9. The van der Waals surface area contributed by atoms with Crippen molar-refractivity contribution in [3.05, 3.63) is 34.4 Å². The predicted molar refractivity (Wildman–Crippen MR) is 66.7 cm³/mol. The van der Waals surface area contributed by atoms with Crippen LogP contribution < -0.4 is 11.0 Å². The monoisotopic (exact) mass is 262 g/mol. The van der Waals surface area contributed by atoms with Crippen molar-refractivity contribution in [1.82, 2.24) is 25.1 Å². The quantitative estimate of drug-likeness (QED) is 0.716. The molecular weight excluding hydrogens is 248 g/mol. The minimum atomic E-state index is -0.316. The topological polar surface area (TPSA) is 109 Å². The van der Waals surface area contributed by atoms with Gasteiger partial charge in [0, 0.05) is 18.6 Å². The number of hydrogen-bond donors (Lipinski definition) is 3. The lowest BCUT2D eigenvalue weighted by Crippen LogP contribution is -2.07. The molecule has 8 nitrogen and oxygen atoms in total. The second kappa shape index (κ2) is 5.19. The molecule has 0 spiro atoms. The van der Waals surface area contributed by atoms with E-state index in [1.165, 1.54) is 6.33 Å². The molecule has 0 aromatic carbocycles. The van der Waals surface area contributed by atoms with Crippen LogP contribution in [0.2, 0.25) is 0 Å². The highest BCUT2D eigenvalue weighted by atomic mass is 16.5. The normalized spacial score (nSPS) is 18.6. The van der Waals surface area contributed by atoms with Crippen LogP contribution in [0.4, 0.5) is 5.82 Å². The lowest BCUT2D eigenvalue weighted by molar-refractivity contribution is 0.193. The summed E-state index contributed by atoms with van der Waals surface area (Å²) in [5, 5.41) is 9.22. The smallest absolute Gasteiger partial charge is 0.340 e. The fraction of sp³-hybridized carbons (Fsp3) is 0.455. The third-order valence-corrected chi connectivity index (χ3v) is 3.02. The number of nitrogens with zero attached hydrogens (tertiary/aromatic N) is 3. The van der Waals surface area contributed by atoms with Crippen LogP contribution in [0, 0.1) is 0 Å². The maximum absolute atomic E-state index is 10.9. The van der Waals surface area contributed by atoms with Crippen molar-refractivity contribution < 1.29 is 4.74 Å². The van der Waals surface area contributed by atoms with Gasteiger partial charge in [0.1, 0.15) is 18.0 Å². The van der Waals surface area contributed by atoms with E-state index in [1.54, 1.807) is 0 Å². The number of ether oxygens (including phenoxy) is 1. The van der Waals surface area contributed by atoms with Gasteiger partial charge in [-0.2, -0.15) is 5.10 Å². The molecule has 0 saturated carbocycles. The summed E-state index contributed by atoms with van der Waals surface area (Å²) >= 11 is 0. The van der Waals surface area contributed by atoms with Crippen LogP contribution in [0.5, 0.6) is 0 Å². The SMILES string of the molecule is O=c1[nH]nc(CNc2cc(C3CCOC3)ncn2)[nH]1. The minimum absolute atomic E-state index is 0.316. The van der Waals surface area contributed by atoms with Crippen LogP contribution in [-0.2, 0) is 11.3 Å². The average molecular weight is 262 g/mol. The van der Waals surface area contributed by atoms with E-state index in [9.17, 15) is 4.79 Å². The van der Waals surface area contributed by atoms with E-state index in [2.05, 4.69) is 30.5 Å². The number of H-pyrrole nitrogens is 2. The zero-order chi connectivity index (χ0) is 13.1. The first-order valence-corrected chi connectivity index (χ1v) is 6.08. The number of aromatic amines is 2. The van der Waals surface area contributed by atoms with E-state index >= 15 is 0 Å². The Labute approximate surface area is 108 Å². The van der Waals surface area contributed by atoms with Gasteiger partial charge in [-0.15, -0.1) is 0 Å². The fourth-order valence-corrected chi connectivity index (χ4v) is 2.02. The van der Waals surface area contributed by atoms with Gasteiger partial charge in [-0.25, -0.2) is 19.9 Å². The van der Waals surface area contributed by atoms with E-state index < -0.39 is 0 Å². The van der Waals surface area contributed by atoms with Crippen LogP contribution in [0.3, 0.4) is 0 Å². The highest BCUT2D eigenvalue weighted by molar-refractivity contribution is 5.36. The van der Waals surface area contributed by atoms with Crippen LogP contribution >= 0.6 is 0 Å². The largest absolute Gasteiger partial charge is 0.381 e. The molecule has 19 heavy (non-hydrogen) atoms. The van der Waals surface area contributed by atoms with E-state index in [0.29, 0.717) is 30.7 Å². The molecule has 100 valence electrons. The Bertz CT molecular complexity index is 601. The molecule has 1 aliphatic rings. The Morgan fingerprint density at radius 2 is 2.42 bits per heavy atom. The summed E-state index contributed by atoms with van der Waals surface area (Å²) in [7, 11) is 0. The first kappa shape index (κ1) is 11.8. The van der Waals surface area contributed by atoms with E-state index in [4.69, 9.17) is 4.74 Å². The third-order valence-electron chi connectivity index (χ3n) is 3.02.